The molecule has 0 aliphatic heterocycles. The molecule has 0 heterocycles. The number of nitrogens with zero attached hydrogens (tertiary/aromatic N) is 1. The van der Waals surface area contributed by atoms with Crippen LogP contribution in [0.1, 0.15) is 24.4 Å². The average Bonchev–Trinajstić information content (AvgIpc) is 2.50. The van der Waals surface area contributed by atoms with Crippen molar-refractivity contribution in [2.75, 3.05) is 47.1 Å². The van der Waals surface area contributed by atoms with E-state index in [0.717, 1.165) is 50.2 Å². The minimum Gasteiger partial charge on any atom is -0.385 e. The van der Waals surface area contributed by atoms with E-state index in [1.807, 2.05) is 12.1 Å². The Morgan fingerprint density at radius 3 is 2.33 bits per heavy atom. The fourth-order valence-corrected chi connectivity index (χ4v) is 2.45. The third kappa shape index (κ3) is 7.93. The normalized spacial score (nSPS) is 12.8. The van der Waals surface area contributed by atoms with E-state index in [2.05, 4.69) is 33.0 Å². The van der Waals surface area contributed by atoms with Crippen molar-refractivity contribution in [3.05, 3.63) is 34.3 Å². The highest BCUT2D eigenvalue weighted by Gasteiger charge is 2.10. The van der Waals surface area contributed by atoms with E-state index in [1.54, 1.807) is 14.2 Å². The maximum Gasteiger partial charge on any atom is 0.0589 e. The molecule has 0 saturated carbocycles. The van der Waals surface area contributed by atoms with Gasteiger partial charge in [0.2, 0.25) is 0 Å². The number of nitrogens with two attached hydrogens (primary N) is 1. The van der Waals surface area contributed by atoms with Gasteiger partial charge in [-0.3, -0.25) is 0 Å². The van der Waals surface area contributed by atoms with Crippen LogP contribution in [0, 0.1) is 0 Å². The Morgan fingerprint density at radius 1 is 1.05 bits per heavy atom. The van der Waals surface area contributed by atoms with Gasteiger partial charge in [-0.1, -0.05) is 28.1 Å². The van der Waals surface area contributed by atoms with Gasteiger partial charge in [-0.25, -0.2) is 0 Å². The van der Waals surface area contributed by atoms with Gasteiger partial charge in [0.05, 0.1) is 6.61 Å². The van der Waals surface area contributed by atoms with Crippen molar-refractivity contribution in [1.29, 1.82) is 0 Å². The maximum absolute atomic E-state index is 6.28. The third-order valence-electron chi connectivity index (χ3n) is 3.49. The SMILES string of the molecule is COCCCN(CCOC)CCC(N)c1ccc(Br)cc1. The molecule has 0 amide bonds. The monoisotopic (exact) mass is 358 g/mol. The largest absolute Gasteiger partial charge is 0.385 e. The van der Waals surface area contributed by atoms with Gasteiger partial charge < -0.3 is 20.1 Å². The second-order valence-electron chi connectivity index (χ2n) is 5.13. The summed E-state index contributed by atoms with van der Waals surface area (Å²) in [5.74, 6) is 0. The molecule has 5 heteroatoms. The standard InChI is InChI=1S/C16H27BrN2O2/c1-20-12-3-9-19(11-13-21-2)10-8-16(18)14-4-6-15(17)7-5-14/h4-7,16H,3,8-13,18H2,1-2H3. The first kappa shape index (κ1) is 18.6. The van der Waals surface area contributed by atoms with Crippen LogP contribution in [0.15, 0.2) is 28.7 Å². The highest BCUT2D eigenvalue weighted by atomic mass is 79.9. The summed E-state index contributed by atoms with van der Waals surface area (Å²) >= 11 is 3.45. The van der Waals surface area contributed by atoms with Crippen LogP contribution in [-0.4, -0.2) is 52.0 Å². The Labute approximate surface area is 136 Å². The minimum absolute atomic E-state index is 0.0746. The van der Waals surface area contributed by atoms with E-state index in [9.17, 15) is 0 Å². The molecule has 1 rings (SSSR count). The number of methoxy groups -OCH3 is 2. The Balaban J connectivity index is 2.40. The lowest BCUT2D eigenvalue weighted by Gasteiger charge is -2.23. The molecule has 1 aromatic rings. The molecule has 0 aliphatic carbocycles. The second kappa shape index (κ2) is 11.2. The quantitative estimate of drug-likeness (QED) is 0.618. The van der Waals surface area contributed by atoms with E-state index in [-0.39, 0.29) is 6.04 Å². The van der Waals surface area contributed by atoms with Gasteiger partial charge in [0, 0.05) is 51.0 Å². The van der Waals surface area contributed by atoms with Crippen molar-refractivity contribution >= 4 is 15.9 Å². The zero-order chi connectivity index (χ0) is 15.5. The predicted octanol–water partition coefficient (Wildman–Crippen LogP) is 2.82. The van der Waals surface area contributed by atoms with Crippen LogP contribution >= 0.6 is 15.9 Å². The second-order valence-corrected chi connectivity index (χ2v) is 6.04. The number of hydrogen-bond acceptors (Lipinski definition) is 4. The summed E-state index contributed by atoms with van der Waals surface area (Å²) < 4.78 is 11.4. The molecule has 0 saturated heterocycles. The highest BCUT2D eigenvalue weighted by Crippen LogP contribution is 2.18. The van der Waals surface area contributed by atoms with Crippen LogP contribution in [0.4, 0.5) is 0 Å². The van der Waals surface area contributed by atoms with Gasteiger partial charge >= 0.3 is 0 Å². The molecule has 0 radical (unpaired) electrons. The highest BCUT2D eigenvalue weighted by molar-refractivity contribution is 9.10. The van der Waals surface area contributed by atoms with Gasteiger partial charge in [0.15, 0.2) is 0 Å². The van der Waals surface area contributed by atoms with Gasteiger partial charge in [-0.2, -0.15) is 0 Å². The number of benzene rings is 1. The molecule has 1 atom stereocenters. The molecular formula is C16H27BrN2O2. The predicted molar refractivity (Wildman–Crippen MR) is 90.5 cm³/mol. The van der Waals surface area contributed by atoms with Gasteiger partial charge in [0.25, 0.3) is 0 Å². The van der Waals surface area contributed by atoms with Crippen LogP contribution in [-0.2, 0) is 9.47 Å². The number of halogens is 1. The summed E-state index contributed by atoms with van der Waals surface area (Å²) in [6.45, 7) is 4.48. The molecule has 4 nitrogen and oxygen atoms in total. The molecule has 0 fully saturated rings. The lowest BCUT2D eigenvalue weighted by atomic mass is 10.0. The number of ether oxygens (including phenoxy) is 2. The Kier molecular flexibility index (Phi) is 9.87. The summed E-state index contributed by atoms with van der Waals surface area (Å²) in [4.78, 5) is 2.39. The molecular weight excluding hydrogens is 332 g/mol. The lowest BCUT2D eigenvalue weighted by Crippen LogP contribution is -2.32. The van der Waals surface area contributed by atoms with Crippen molar-refractivity contribution < 1.29 is 9.47 Å². The fraction of sp³-hybridized carbons (Fsp3) is 0.625. The Morgan fingerprint density at radius 2 is 1.71 bits per heavy atom. The van der Waals surface area contributed by atoms with Crippen molar-refractivity contribution in [3.63, 3.8) is 0 Å². The molecule has 0 bridgehead atoms. The topological polar surface area (TPSA) is 47.7 Å². The summed E-state index contributed by atoms with van der Waals surface area (Å²) in [5, 5.41) is 0. The van der Waals surface area contributed by atoms with Gasteiger partial charge in [-0.05, 0) is 30.5 Å². The first-order chi connectivity index (χ1) is 10.2. The van der Waals surface area contributed by atoms with Gasteiger partial charge in [-0.15, -0.1) is 0 Å². The van der Waals surface area contributed by atoms with E-state index < -0.39 is 0 Å². The maximum atomic E-state index is 6.28. The summed E-state index contributed by atoms with van der Waals surface area (Å²) in [6, 6.07) is 8.32. The van der Waals surface area contributed by atoms with Crippen molar-refractivity contribution in [3.8, 4) is 0 Å². The van der Waals surface area contributed by atoms with Crippen molar-refractivity contribution in [2.24, 2.45) is 5.73 Å². The van der Waals surface area contributed by atoms with Crippen LogP contribution in [0.3, 0.4) is 0 Å². The fourth-order valence-electron chi connectivity index (χ4n) is 2.19. The van der Waals surface area contributed by atoms with Crippen LogP contribution < -0.4 is 5.73 Å². The molecule has 0 aliphatic rings. The third-order valence-corrected chi connectivity index (χ3v) is 4.02. The van der Waals surface area contributed by atoms with Crippen LogP contribution in [0.5, 0.6) is 0 Å². The molecule has 120 valence electrons. The molecule has 1 aromatic carbocycles. The number of hydrogen-bond donors (Lipinski definition) is 1. The summed E-state index contributed by atoms with van der Waals surface area (Å²) in [7, 11) is 3.48. The van der Waals surface area contributed by atoms with E-state index >= 15 is 0 Å². The molecule has 0 spiro atoms. The van der Waals surface area contributed by atoms with Crippen LogP contribution in [0.25, 0.3) is 0 Å². The smallest absolute Gasteiger partial charge is 0.0589 e. The Bertz CT molecular complexity index is 373. The zero-order valence-corrected chi connectivity index (χ0v) is 14.6. The number of rotatable bonds is 11. The van der Waals surface area contributed by atoms with Crippen molar-refractivity contribution in [2.45, 2.75) is 18.9 Å². The van der Waals surface area contributed by atoms with Gasteiger partial charge in [0.1, 0.15) is 0 Å². The lowest BCUT2D eigenvalue weighted by molar-refractivity contribution is 0.131. The first-order valence-corrected chi connectivity index (χ1v) is 8.18. The summed E-state index contributed by atoms with van der Waals surface area (Å²) in [5.41, 5.74) is 7.46. The molecule has 2 N–H and O–H groups in total. The summed E-state index contributed by atoms with van der Waals surface area (Å²) in [6.07, 6.45) is 1.98. The minimum atomic E-state index is 0.0746. The van der Waals surface area contributed by atoms with Crippen LogP contribution in [0.2, 0.25) is 0 Å². The van der Waals surface area contributed by atoms with E-state index in [4.69, 9.17) is 15.2 Å². The van der Waals surface area contributed by atoms with Crippen molar-refractivity contribution in [1.82, 2.24) is 4.90 Å². The average molecular weight is 359 g/mol. The Hall–Kier alpha value is -0.460. The zero-order valence-electron chi connectivity index (χ0n) is 13.1. The van der Waals surface area contributed by atoms with E-state index in [1.165, 1.54) is 5.56 Å². The molecule has 0 aromatic heterocycles. The molecule has 21 heavy (non-hydrogen) atoms. The van der Waals surface area contributed by atoms with E-state index in [0.29, 0.717) is 0 Å². The first-order valence-electron chi connectivity index (χ1n) is 7.38. The molecule has 1 unspecified atom stereocenters.